The van der Waals surface area contributed by atoms with Crippen LogP contribution in [0.3, 0.4) is 0 Å². The van der Waals surface area contributed by atoms with Crippen molar-refractivity contribution in [3.63, 3.8) is 0 Å². The van der Waals surface area contributed by atoms with E-state index in [1.807, 2.05) is 29.0 Å². The molecule has 78 valence electrons. The van der Waals surface area contributed by atoms with Gasteiger partial charge in [-0.25, -0.2) is 4.79 Å². The molecule has 0 aliphatic heterocycles. The van der Waals surface area contributed by atoms with Crippen LogP contribution in [0.2, 0.25) is 0 Å². The fourth-order valence-corrected chi connectivity index (χ4v) is 1.39. The van der Waals surface area contributed by atoms with Crippen LogP contribution >= 0.6 is 23.2 Å². The van der Waals surface area contributed by atoms with Crippen LogP contribution in [0.25, 0.3) is 0 Å². The molecule has 0 atom stereocenters. The van der Waals surface area contributed by atoms with E-state index in [0.717, 1.165) is 0 Å². The molecule has 2 aromatic rings. The van der Waals surface area contributed by atoms with Crippen LogP contribution in [-0.2, 0) is 4.29 Å². The van der Waals surface area contributed by atoms with Crippen molar-refractivity contribution >= 4 is 29.2 Å². The van der Waals surface area contributed by atoms with Crippen LogP contribution in [0, 0.1) is 0 Å². The number of hydrogen-bond donors (Lipinski definition) is 0. The zero-order valence-corrected chi connectivity index (χ0v) is 9.37. The van der Waals surface area contributed by atoms with Crippen LogP contribution in [0.15, 0.2) is 53.2 Å². The van der Waals surface area contributed by atoms with E-state index in [1.165, 1.54) is 0 Å². The van der Waals surface area contributed by atoms with Crippen molar-refractivity contribution < 1.29 is 9.08 Å². The molecule has 0 spiro atoms. The molecule has 1 heterocycles. The SMILES string of the molecule is O=C(OCl)c1ccccc1.c1ccsc1. The molecule has 0 fully saturated rings. The Balaban J connectivity index is 0.000000187. The third kappa shape index (κ3) is 4.63. The lowest BCUT2D eigenvalue weighted by molar-refractivity contribution is 0.0751. The van der Waals surface area contributed by atoms with Crippen molar-refractivity contribution in [3.05, 3.63) is 58.8 Å². The molecule has 0 radical (unpaired) electrons. The van der Waals surface area contributed by atoms with Crippen LogP contribution in [0.1, 0.15) is 10.4 Å². The maximum absolute atomic E-state index is 10.7. The van der Waals surface area contributed by atoms with Gasteiger partial charge in [0, 0.05) is 0 Å². The molecule has 0 saturated carbocycles. The number of halogens is 1. The normalized spacial score (nSPS) is 8.60. The Morgan fingerprint density at radius 2 is 1.67 bits per heavy atom. The summed E-state index contributed by atoms with van der Waals surface area (Å²) in [5.41, 5.74) is 0.456. The second-order valence-corrected chi connectivity index (χ2v) is 3.49. The van der Waals surface area contributed by atoms with Crippen molar-refractivity contribution in [1.29, 1.82) is 0 Å². The van der Waals surface area contributed by atoms with Gasteiger partial charge >= 0.3 is 5.97 Å². The minimum atomic E-state index is -0.526. The summed E-state index contributed by atoms with van der Waals surface area (Å²) in [6, 6.07) is 12.6. The largest absolute Gasteiger partial charge is 0.356 e. The Kier molecular flexibility index (Phi) is 5.51. The predicted molar refractivity (Wildman–Crippen MR) is 62.0 cm³/mol. The Hall–Kier alpha value is -1.32. The Labute approximate surface area is 97.3 Å². The van der Waals surface area contributed by atoms with Gasteiger partial charge in [-0.15, -0.1) is 0 Å². The zero-order chi connectivity index (χ0) is 10.9. The fraction of sp³-hybridized carbons (Fsp3) is 0. The first kappa shape index (κ1) is 11.8. The maximum atomic E-state index is 10.7. The number of hydrogen-bond acceptors (Lipinski definition) is 3. The molecule has 0 aliphatic carbocycles. The molecule has 1 aromatic heterocycles. The van der Waals surface area contributed by atoms with Crippen molar-refractivity contribution in [1.82, 2.24) is 0 Å². The van der Waals surface area contributed by atoms with Gasteiger partial charge in [0.05, 0.1) is 5.56 Å². The molecule has 2 nitrogen and oxygen atoms in total. The highest BCUT2D eigenvalue weighted by molar-refractivity contribution is 7.07. The van der Waals surface area contributed by atoms with Gasteiger partial charge in [-0.3, -0.25) is 0 Å². The van der Waals surface area contributed by atoms with Crippen molar-refractivity contribution in [2.24, 2.45) is 0 Å². The topological polar surface area (TPSA) is 26.3 Å². The molecule has 0 unspecified atom stereocenters. The van der Waals surface area contributed by atoms with E-state index in [0.29, 0.717) is 5.56 Å². The van der Waals surface area contributed by atoms with Gasteiger partial charge in [0.15, 0.2) is 0 Å². The number of rotatable bonds is 1. The Bertz CT molecular complexity index is 356. The van der Waals surface area contributed by atoms with Crippen LogP contribution < -0.4 is 0 Å². The number of benzene rings is 1. The predicted octanol–water partition coefficient (Wildman–Crippen LogP) is 3.75. The van der Waals surface area contributed by atoms with Gasteiger partial charge in [0.1, 0.15) is 11.9 Å². The summed E-state index contributed by atoms with van der Waals surface area (Å²) in [6.07, 6.45) is 0. The highest BCUT2D eigenvalue weighted by Gasteiger charge is 2.02. The Morgan fingerprint density at radius 1 is 1.07 bits per heavy atom. The van der Waals surface area contributed by atoms with Gasteiger partial charge in [-0.1, -0.05) is 30.3 Å². The maximum Gasteiger partial charge on any atom is 0.356 e. The quantitative estimate of drug-likeness (QED) is 0.759. The summed E-state index contributed by atoms with van der Waals surface area (Å²) in [6.45, 7) is 0. The third-order valence-corrected chi connectivity index (χ3v) is 2.27. The summed E-state index contributed by atoms with van der Waals surface area (Å²) in [4.78, 5) is 10.7. The Morgan fingerprint density at radius 3 is 2.07 bits per heavy atom. The minimum Gasteiger partial charge on any atom is -0.343 e. The standard InChI is InChI=1S/C7H5ClO2.C4H4S/c8-10-7(9)6-4-2-1-3-5-6;1-2-4-5-3-1/h1-5H;1-4H. The van der Waals surface area contributed by atoms with E-state index in [9.17, 15) is 4.79 Å². The van der Waals surface area contributed by atoms with Crippen LogP contribution in [0.5, 0.6) is 0 Å². The zero-order valence-electron chi connectivity index (χ0n) is 7.80. The number of carbonyl (C=O) groups is 1. The summed E-state index contributed by atoms with van der Waals surface area (Å²) >= 11 is 6.55. The lowest BCUT2D eigenvalue weighted by atomic mass is 10.2. The van der Waals surface area contributed by atoms with Crippen LogP contribution in [-0.4, -0.2) is 5.97 Å². The molecule has 2 rings (SSSR count). The first-order chi connectivity index (χ1) is 7.34. The van der Waals surface area contributed by atoms with E-state index >= 15 is 0 Å². The van der Waals surface area contributed by atoms with Crippen molar-refractivity contribution in [2.45, 2.75) is 0 Å². The molecule has 15 heavy (non-hydrogen) atoms. The lowest BCUT2D eigenvalue weighted by Gasteiger charge is -1.92. The molecule has 0 bridgehead atoms. The van der Waals surface area contributed by atoms with Gasteiger partial charge in [-0.2, -0.15) is 11.3 Å². The average Bonchev–Trinajstić information content (AvgIpc) is 2.88. The van der Waals surface area contributed by atoms with E-state index in [-0.39, 0.29) is 0 Å². The molecular weight excluding hydrogens is 232 g/mol. The van der Waals surface area contributed by atoms with Crippen molar-refractivity contribution in [2.75, 3.05) is 0 Å². The van der Waals surface area contributed by atoms with Crippen molar-refractivity contribution in [3.8, 4) is 0 Å². The monoisotopic (exact) mass is 240 g/mol. The minimum absolute atomic E-state index is 0.456. The summed E-state index contributed by atoms with van der Waals surface area (Å²) < 4.78 is 3.97. The average molecular weight is 241 g/mol. The van der Waals surface area contributed by atoms with Gasteiger partial charge in [0.25, 0.3) is 0 Å². The molecule has 1 aromatic carbocycles. The fourth-order valence-electron chi connectivity index (χ4n) is 0.846. The van der Waals surface area contributed by atoms with Gasteiger partial charge < -0.3 is 4.29 Å². The molecule has 4 heteroatoms. The van der Waals surface area contributed by atoms with E-state index in [1.54, 1.807) is 35.6 Å². The summed E-state index contributed by atoms with van der Waals surface area (Å²) in [7, 11) is 0. The first-order valence-electron chi connectivity index (χ1n) is 4.19. The smallest absolute Gasteiger partial charge is 0.343 e. The van der Waals surface area contributed by atoms with E-state index in [4.69, 9.17) is 11.9 Å². The molecular formula is C11H9ClO2S. The van der Waals surface area contributed by atoms with Gasteiger partial charge in [-0.05, 0) is 22.9 Å². The molecule has 0 aliphatic rings. The van der Waals surface area contributed by atoms with Crippen LogP contribution in [0.4, 0.5) is 0 Å². The molecule has 0 amide bonds. The highest BCUT2D eigenvalue weighted by atomic mass is 35.5. The van der Waals surface area contributed by atoms with E-state index < -0.39 is 5.97 Å². The van der Waals surface area contributed by atoms with Gasteiger partial charge in [0.2, 0.25) is 0 Å². The second kappa shape index (κ2) is 7.04. The lowest BCUT2D eigenvalue weighted by Crippen LogP contribution is -1.96. The third-order valence-electron chi connectivity index (χ3n) is 1.50. The number of thiophene rings is 1. The summed E-state index contributed by atoms with van der Waals surface area (Å²) in [5, 5.41) is 4.08. The summed E-state index contributed by atoms with van der Waals surface area (Å²) in [5.74, 6) is -0.526. The van der Waals surface area contributed by atoms with E-state index in [2.05, 4.69) is 4.29 Å². The number of carbonyl (C=O) groups excluding carboxylic acids is 1. The first-order valence-corrected chi connectivity index (χ1v) is 5.45. The molecule has 0 saturated heterocycles. The second-order valence-electron chi connectivity index (χ2n) is 2.52. The molecule has 0 N–H and O–H groups in total. The highest BCUT2D eigenvalue weighted by Crippen LogP contribution is 2.01.